The minimum atomic E-state index is 1.11. The summed E-state index contributed by atoms with van der Waals surface area (Å²) in [6.07, 6.45) is 6.50. The maximum Gasteiger partial charge on any atom is 0.00278 e. The maximum absolute atomic E-state index is 3.06. The molecule has 0 atom stereocenters. The molecule has 0 radical (unpaired) electrons. The van der Waals surface area contributed by atoms with Crippen LogP contribution in [-0.4, -0.2) is 7.05 Å². The molecule has 0 aliphatic heterocycles. The Morgan fingerprint density at radius 3 is 2.00 bits per heavy atom. The van der Waals surface area contributed by atoms with E-state index in [4.69, 9.17) is 0 Å². The molecule has 0 heterocycles. The van der Waals surface area contributed by atoms with Crippen LogP contribution < -0.4 is 5.32 Å². The minimum absolute atomic E-state index is 1.11. The number of nitrogens with one attached hydrogen (secondary N) is 1. The van der Waals surface area contributed by atoms with Crippen molar-refractivity contribution in [2.75, 3.05) is 7.05 Å². The molecule has 0 bridgehead atoms. The lowest BCUT2D eigenvalue weighted by molar-refractivity contribution is 0.974. The molecule has 0 saturated heterocycles. The first-order valence-electron chi connectivity index (χ1n) is 4.31. The van der Waals surface area contributed by atoms with Crippen LogP contribution in [0.3, 0.4) is 0 Å². The summed E-state index contributed by atoms with van der Waals surface area (Å²) in [6, 6.07) is 0. The average Bonchev–Trinajstić information content (AvgIpc) is 2.05. The van der Waals surface area contributed by atoms with Gasteiger partial charge in [-0.25, -0.2) is 0 Å². The van der Waals surface area contributed by atoms with Crippen LogP contribution in [0.2, 0.25) is 0 Å². The third kappa shape index (κ3) is 3.26. The number of rotatable bonds is 4. The van der Waals surface area contributed by atoms with E-state index in [1.54, 1.807) is 0 Å². The van der Waals surface area contributed by atoms with Crippen molar-refractivity contribution in [1.29, 1.82) is 0 Å². The second-order valence-electron chi connectivity index (χ2n) is 2.48. The average molecular weight is 153 g/mol. The fraction of sp³-hybridized carbons (Fsp3) is 0.600. The summed E-state index contributed by atoms with van der Waals surface area (Å²) in [4.78, 5) is 0. The SMILES string of the molecule is C/C=C(CC)\C(=C/NC)CC. The molecule has 0 aromatic heterocycles. The van der Waals surface area contributed by atoms with Gasteiger partial charge in [0.25, 0.3) is 0 Å². The van der Waals surface area contributed by atoms with Gasteiger partial charge in [0, 0.05) is 7.05 Å². The van der Waals surface area contributed by atoms with E-state index in [9.17, 15) is 0 Å². The standard InChI is InChI=1S/C10H19N/c1-5-9(6-2)10(7-3)8-11-4/h5,8,11H,6-7H2,1-4H3/b9-5-,10-8-. The van der Waals surface area contributed by atoms with Crippen molar-refractivity contribution in [3.8, 4) is 0 Å². The van der Waals surface area contributed by atoms with E-state index in [0.717, 1.165) is 12.8 Å². The molecule has 0 amide bonds. The van der Waals surface area contributed by atoms with Gasteiger partial charge >= 0.3 is 0 Å². The Hall–Kier alpha value is -0.720. The summed E-state index contributed by atoms with van der Waals surface area (Å²) in [5, 5.41) is 3.06. The van der Waals surface area contributed by atoms with Gasteiger partial charge in [0.15, 0.2) is 0 Å². The van der Waals surface area contributed by atoms with Crippen LogP contribution >= 0.6 is 0 Å². The molecule has 0 rings (SSSR count). The Labute approximate surface area is 70.2 Å². The van der Waals surface area contributed by atoms with Crippen molar-refractivity contribution in [3.05, 3.63) is 23.4 Å². The molecule has 0 aliphatic carbocycles. The van der Waals surface area contributed by atoms with Crippen molar-refractivity contribution < 1.29 is 0 Å². The van der Waals surface area contributed by atoms with Gasteiger partial charge in [-0.15, -0.1) is 0 Å². The van der Waals surface area contributed by atoms with Gasteiger partial charge in [0.2, 0.25) is 0 Å². The molecule has 0 saturated carbocycles. The van der Waals surface area contributed by atoms with Crippen molar-refractivity contribution in [1.82, 2.24) is 5.32 Å². The van der Waals surface area contributed by atoms with Crippen LogP contribution in [0.1, 0.15) is 33.6 Å². The first kappa shape index (κ1) is 10.3. The fourth-order valence-corrected chi connectivity index (χ4v) is 1.21. The molecule has 1 heteroatoms. The Morgan fingerprint density at radius 2 is 1.73 bits per heavy atom. The molecule has 0 aromatic carbocycles. The highest BCUT2D eigenvalue weighted by Gasteiger charge is 1.97. The molecule has 0 spiro atoms. The van der Waals surface area contributed by atoms with Gasteiger partial charge in [0.1, 0.15) is 0 Å². The summed E-state index contributed by atoms with van der Waals surface area (Å²) in [5.74, 6) is 0. The lowest BCUT2D eigenvalue weighted by Crippen LogP contribution is -1.98. The lowest BCUT2D eigenvalue weighted by atomic mass is 10.0. The van der Waals surface area contributed by atoms with Crippen LogP contribution in [0.25, 0.3) is 0 Å². The first-order chi connectivity index (χ1) is 5.29. The summed E-state index contributed by atoms with van der Waals surface area (Å²) < 4.78 is 0. The number of allylic oxidation sites excluding steroid dienone is 3. The van der Waals surface area contributed by atoms with Crippen LogP contribution in [0.15, 0.2) is 23.4 Å². The fourth-order valence-electron chi connectivity index (χ4n) is 1.21. The molecule has 0 aliphatic rings. The van der Waals surface area contributed by atoms with E-state index in [1.165, 1.54) is 11.1 Å². The first-order valence-corrected chi connectivity index (χ1v) is 4.31. The summed E-state index contributed by atoms with van der Waals surface area (Å²) in [6.45, 7) is 6.47. The third-order valence-corrected chi connectivity index (χ3v) is 1.84. The molecule has 1 N–H and O–H groups in total. The van der Waals surface area contributed by atoms with Crippen molar-refractivity contribution in [2.45, 2.75) is 33.6 Å². The maximum atomic E-state index is 3.06. The highest BCUT2D eigenvalue weighted by molar-refractivity contribution is 5.29. The van der Waals surface area contributed by atoms with Crippen molar-refractivity contribution in [2.24, 2.45) is 0 Å². The van der Waals surface area contributed by atoms with Crippen molar-refractivity contribution in [3.63, 3.8) is 0 Å². The Kier molecular flexibility index (Phi) is 5.63. The smallest absolute Gasteiger partial charge is 0.00278 e. The lowest BCUT2D eigenvalue weighted by Gasteiger charge is -2.06. The Balaban J connectivity index is 4.35. The van der Waals surface area contributed by atoms with E-state index in [1.807, 2.05) is 7.05 Å². The normalized spacial score (nSPS) is 13.5. The van der Waals surface area contributed by atoms with Crippen molar-refractivity contribution >= 4 is 0 Å². The summed E-state index contributed by atoms with van der Waals surface area (Å²) in [5.41, 5.74) is 2.86. The Morgan fingerprint density at radius 1 is 1.18 bits per heavy atom. The molecule has 0 fully saturated rings. The second-order valence-corrected chi connectivity index (χ2v) is 2.48. The van der Waals surface area contributed by atoms with Crippen LogP contribution in [0, 0.1) is 0 Å². The van der Waals surface area contributed by atoms with E-state index in [0.29, 0.717) is 0 Å². The highest BCUT2D eigenvalue weighted by Crippen LogP contribution is 2.15. The second kappa shape index (κ2) is 6.02. The van der Waals surface area contributed by atoms with Gasteiger partial charge in [-0.2, -0.15) is 0 Å². The molecule has 0 unspecified atom stereocenters. The third-order valence-electron chi connectivity index (χ3n) is 1.84. The molecular formula is C10H19N. The summed E-state index contributed by atoms with van der Waals surface area (Å²) >= 11 is 0. The monoisotopic (exact) mass is 153 g/mol. The van der Waals surface area contributed by atoms with Gasteiger partial charge in [-0.3, -0.25) is 0 Å². The molecule has 1 nitrogen and oxygen atoms in total. The van der Waals surface area contributed by atoms with Crippen LogP contribution in [0.5, 0.6) is 0 Å². The molecule has 11 heavy (non-hydrogen) atoms. The quantitative estimate of drug-likeness (QED) is 0.612. The number of hydrogen-bond acceptors (Lipinski definition) is 1. The van der Waals surface area contributed by atoms with E-state index < -0.39 is 0 Å². The van der Waals surface area contributed by atoms with Crippen LogP contribution in [-0.2, 0) is 0 Å². The highest BCUT2D eigenvalue weighted by atomic mass is 14.8. The van der Waals surface area contributed by atoms with Gasteiger partial charge in [0.05, 0.1) is 0 Å². The Bertz CT molecular complexity index is 154. The molecule has 64 valence electrons. The topological polar surface area (TPSA) is 12.0 Å². The van der Waals surface area contributed by atoms with E-state index in [2.05, 4.69) is 38.4 Å². The zero-order valence-corrected chi connectivity index (χ0v) is 8.07. The largest absolute Gasteiger partial charge is 0.394 e. The zero-order valence-electron chi connectivity index (χ0n) is 8.07. The minimum Gasteiger partial charge on any atom is -0.394 e. The predicted molar refractivity (Wildman–Crippen MR) is 51.5 cm³/mol. The molecule has 0 aromatic rings. The number of hydrogen-bond donors (Lipinski definition) is 1. The molecular weight excluding hydrogens is 134 g/mol. The van der Waals surface area contributed by atoms with E-state index in [-0.39, 0.29) is 0 Å². The summed E-state index contributed by atoms with van der Waals surface area (Å²) in [7, 11) is 1.94. The predicted octanol–water partition coefficient (Wildman–Crippen LogP) is 2.86. The zero-order chi connectivity index (χ0) is 8.69. The van der Waals surface area contributed by atoms with Gasteiger partial charge in [-0.05, 0) is 37.1 Å². The van der Waals surface area contributed by atoms with E-state index >= 15 is 0 Å². The van der Waals surface area contributed by atoms with Gasteiger partial charge in [-0.1, -0.05) is 19.9 Å². The van der Waals surface area contributed by atoms with Gasteiger partial charge < -0.3 is 5.32 Å². The van der Waals surface area contributed by atoms with Crippen LogP contribution in [0.4, 0.5) is 0 Å².